The van der Waals surface area contributed by atoms with Gasteiger partial charge < -0.3 is 20.1 Å². The van der Waals surface area contributed by atoms with Gasteiger partial charge >= 0.3 is 19.8 Å². The lowest BCUT2D eigenvalue weighted by atomic mass is 10.1. The van der Waals surface area contributed by atoms with E-state index < -0.39 is 26.5 Å². The number of phosphoric ester groups is 1. The Morgan fingerprint density at radius 1 is 0.634 bits per heavy atom. The average molecular weight is 609 g/mol. The Morgan fingerprint density at radius 3 is 1.49 bits per heavy atom. The largest absolute Gasteiger partial charge is 0.472 e. The molecule has 0 aromatic heterocycles. The fraction of sp³-hybridized carbons (Fsp3) is 0.935. The van der Waals surface area contributed by atoms with E-state index in [9.17, 15) is 19.0 Å². The first-order chi connectivity index (χ1) is 19.8. The summed E-state index contributed by atoms with van der Waals surface area (Å²) < 4.78 is 32.6. The lowest BCUT2D eigenvalue weighted by molar-refractivity contribution is -0.371. The third-order valence-corrected chi connectivity index (χ3v) is 8.00. The van der Waals surface area contributed by atoms with Crippen LogP contribution in [0, 0.1) is 0 Å². The second-order valence-electron chi connectivity index (χ2n) is 11.1. The van der Waals surface area contributed by atoms with E-state index in [1.807, 2.05) is 0 Å². The van der Waals surface area contributed by atoms with E-state index in [4.69, 9.17) is 18.5 Å². The molecular formula is C31H63NO8P+. The van der Waals surface area contributed by atoms with Crippen molar-refractivity contribution in [3.8, 4) is 0 Å². The summed E-state index contributed by atoms with van der Waals surface area (Å²) >= 11 is 0. The molecule has 0 aromatic rings. The van der Waals surface area contributed by atoms with Crippen LogP contribution in [-0.4, -0.2) is 49.3 Å². The molecule has 0 aliphatic rings. The third-order valence-electron chi connectivity index (χ3n) is 7.02. The molecule has 0 spiro atoms. The van der Waals surface area contributed by atoms with Gasteiger partial charge in [-0.05, 0) is 12.8 Å². The Labute approximate surface area is 250 Å². The van der Waals surface area contributed by atoms with Gasteiger partial charge in [-0.3, -0.25) is 18.6 Å². The lowest BCUT2D eigenvalue weighted by Crippen LogP contribution is -2.52. The minimum absolute atomic E-state index is 0.0369. The molecule has 0 radical (unpaired) electrons. The topological polar surface area (TPSA) is 136 Å². The van der Waals surface area contributed by atoms with Crippen LogP contribution in [0.3, 0.4) is 0 Å². The zero-order valence-electron chi connectivity index (χ0n) is 26.4. The van der Waals surface area contributed by atoms with Crippen molar-refractivity contribution in [2.45, 2.75) is 161 Å². The fourth-order valence-electron chi connectivity index (χ4n) is 4.53. The first-order valence-corrected chi connectivity index (χ1v) is 18.1. The monoisotopic (exact) mass is 608 g/mol. The molecule has 9 nitrogen and oxygen atoms in total. The SMILES string of the molecule is CCCCCCCCCCCCCC(=O)OC[C@H](COP(=O)(O)OCC[NH3+])OC(=O)CCCCCCCCCCC. The smallest absolute Gasteiger partial charge is 0.462 e. The van der Waals surface area contributed by atoms with Crippen LogP contribution < -0.4 is 5.73 Å². The van der Waals surface area contributed by atoms with Gasteiger partial charge in [0, 0.05) is 12.8 Å². The summed E-state index contributed by atoms with van der Waals surface area (Å²) in [6.45, 7) is 4.08. The van der Waals surface area contributed by atoms with Crippen LogP contribution in [-0.2, 0) is 32.7 Å². The molecular weight excluding hydrogens is 545 g/mol. The zero-order valence-corrected chi connectivity index (χ0v) is 27.3. The van der Waals surface area contributed by atoms with Gasteiger partial charge in [0.25, 0.3) is 0 Å². The van der Waals surface area contributed by atoms with Gasteiger partial charge in [0.2, 0.25) is 0 Å². The number of rotatable bonds is 31. The summed E-state index contributed by atoms with van der Waals surface area (Å²) in [5.74, 6) is -0.809. The van der Waals surface area contributed by atoms with Crippen molar-refractivity contribution < 1.29 is 43.3 Å². The van der Waals surface area contributed by atoms with Gasteiger partial charge in [0.1, 0.15) is 13.2 Å². The van der Waals surface area contributed by atoms with Crippen LogP contribution in [0.2, 0.25) is 0 Å². The highest BCUT2D eigenvalue weighted by atomic mass is 31.2. The summed E-state index contributed by atoms with van der Waals surface area (Å²) in [5, 5.41) is 0. The second kappa shape index (κ2) is 29.1. The first-order valence-electron chi connectivity index (χ1n) is 16.6. The Balaban J connectivity index is 4.28. The van der Waals surface area contributed by atoms with Crippen molar-refractivity contribution in [3.05, 3.63) is 0 Å². The van der Waals surface area contributed by atoms with Crippen molar-refractivity contribution in [3.63, 3.8) is 0 Å². The number of carbonyl (C=O) groups excluding carboxylic acids is 2. The summed E-state index contributed by atoms with van der Waals surface area (Å²) in [5.41, 5.74) is 3.56. The highest BCUT2D eigenvalue weighted by Gasteiger charge is 2.26. The molecule has 0 saturated carbocycles. The number of hydrogen-bond acceptors (Lipinski definition) is 7. The number of esters is 2. The van der Waals surface area contributed by atoms with E-state index in [2.05, 4.69) is 19.6 Å². The molecule has 41 heavy (non-hydrogen) atoms. The van der Waals surface area contributed by atoms with E-state index in [0.717, 1.165) is 32.1 Å². The summed E-state index contributed by atoms with van der Waals surface area (Å²) in [6.07, 6.45) is 22.9. The minimum Gasteiger partial charge on any atom is -0.462 e. The maximum absolute atomic E-state index is 12.4. The molecule has 0 amide bonds. The molecule has 0 aromatic carbocycles. The molecule has 10 heteroatoms. The molecule has 0 saturated heterocycles. The zero-order chi connectivity index (χ0) is 30.4. The Kier molecular flexibility index (Phi) is 28.4. The minimum atomic E-state index is -4.31. The van der Waals surface area contributed by atoms with Crippen LogP contribution in [0.5, 0.6) is 0 Å². The van der Waals surface area contributed by atoms with Gasteiger partial charge in [-0.15, -0.1) is 0 Å². The standard InChI is InChI=1S/C31H62NO8P/c1-3-5-7-9-11-13-14-16-17-19-21-23-30(33)37-27-29(28-39-41(35,36)38-26-25-32)40-31(34)24-22-20-18-15-12-10-8-6-4-2/h29H,3-28,32H2,1-2H3,(H,35,36)/p+1/t29-/m1/s1. The Hall–Kier alpha value is -0.990. The molecule has 0 bridgehead atoms. The predicted octanol–water partition coefficient (Wildman–Crippen LogP) is 7.44. The van der Waals surface area contributed by atoms with Crippen molar-refractivity contribution >= 4 is 19.8 Å². The van der Waals surface area contributed by atoms with Crippen LogP contribution in [0.25, 0.3) is 0 Å². The van der Waals surface area contributed by atoms with E-state index in [-0.39, 0.29) is 25.6 Å². The van der Waals surface area contributed by atoms with Gasteiger partial charge in [-0.1, -0.05) is 129 Å². The number of carbonyl (C=O) groups is 2. The maximum Gasteiger partial charge on any atom is 0.472 e. The van der Waals surface area contributed by atoms with Gasteiger partial charge in [0.05, 0.1) is 13.2 Å². The molecule has 244 valence electrons. The van der Waals surface area contributed by atoms with E-state index in [1.54, 1.807) is 0 Å². The number of quaternary nitrogens is 1. The normalized spacial score (nSPS) is 13.6. The molecule has 0 heterocycles. The van der Waals surface area contributed by atoms with Gasteiger partial charge in [-0.25, -0.2) is 4.57 Å². The molecule has 0 rings (SSSR count). The van der Waals surface area contributed by atoms with Crippen molar-refractivity contribution in [1.29, 1.82) is 0 Å². The molecule has 0 aliphatic carbocycles. The molecule has 0 aliphatic heterocycles. The van der Waals surface area contributed by atoms with Crippen LogP contribution in [0.15, 0.2) is 0 Å². The van der Waals surface area contributed by atoms with E-state index in [1.165, 1.54) is 89.9 Å². The average Bonchev–Trinajstić information content (AvgIpc) is 2.95. The predicted molar refractivity (Wildman–Crippen MR) is 163 cm³/mol. The van der Waals surface area contributed by atoms with Gasteiger partial charge in [0.15, 0.2) is 6.10 Å². The maximum atomic E-state index is 12.4. The fourth-order valence-corrected chi connectivity index (χ4v) is 5.32. The van der Waals surface area contributed by atoms with Crippen molar-refractivity contribution in [2.24, 2.45) is 0 Å². The van der Waals surface area contributed by atoms with Crippen molar-refractivity contribution in [1.82, 2.24) is 0 Å². The summed E-state index contributed by atoms with van der Waals surface area (Å²) in [7, 11) is -4.31. The number of hydrogen-bond donors (Lipinski definition) is 2. The van der Waals surface area contributed by atoms with E-state index in [0.29, 0.717) is 19.4 Å². The van der Waals surface area contributed by atoms with Crippen LogP contribution in [0.1, 0.15) is 155 Å². The highest BCUT2D eigenvalue weighted by molar-refractivity contribution is 7.47. The second-order valence-corrected chi connectivity index (χ2v) is 12.6. The first kappa shape index (κ1) is 40.0. The quantitative estimate of drug-likeness (QED) is 0.0471. The molecule has 1 unspecified atom stereocenters. The van der Waals surface area contributed by atoms with E-state index >= 15 is 0 Å². The van der Waals surface area contributed by atoms with Crippen LogP contribution >= 0.6 is 7.82 Å². The number of phosphoric acid groups is 1. The third kappa shape index (κ3) is 28.9. The Morgan fingerprint density at radius 2 is 1.05 bits per heavy atom. The molecule has 0 fully saturated rings. The number of unbranched alkanes of at least 4 members (excludes halogenated alkanes) is 18. The molecule has 4 N–H and O–H groups in total. The molecule has 2 atom stereocenters. The Bertz CT molecular complexity index is 664. The van der Waals surface area contributed by atoms with Crippen LogP contribution in [0.4, 0.5) is 0 Å². The highest BCUT2D eigenvalue weighted by Crippen LogP contribution is 2.43. The summed E-state index contributed by atoms with van der Waals surface area (Å²) in [6, 6.07) is 0. The van der Waals surface area contributed by atoms with Gasteiger partial charge in [-0.2, -0.15) is 0 Å². The lowest BCUT2D eigenvalue weighted by Gasteiger charge is -2.19. The summed E-state index contributed by atoms with van der Waals surface area (Å²) in [4.78, 5) is 34.5. The van der Waals surface area contributed by atoms with Crippen molar-refractivity contribution in [2.75, 3.05) is 26.4 Å². The number of ether oxygens (including phenoxy) is 2.